The van der Waals surface area contributed by atoms with Crippen LogP contribution in [0.2, 0.25) is 0 Å². The summed E-state index contributed by atoms with van der Waals surface area (Å²) in [5.74, 6) is 0.119. The van der Waals surface area contributed by atoms with Gasteiger partial charge in [0.2, 0.25) is 15.9 Å². The minimum absolute atomic E-state index is 0.0911. The summed E-state index contributed by atoms with van der Waals surface area (Å²) in [4.78, 5) is 29.2. The van der Waals surface area contributed by atoms with Crippen molar-refractivity contribution in [2.75, 3.05) is 38.2 Å². The summed E-state index contributed by atoms with van der Waals surface area (Å²) in [7, 11) is -2.09. The first-order valence-corrected chi connectivity index (χ1v) is 12.4. The molecule has 2 aromatic carbocycles. The highest BCUT2D eigenvalue weighted by molar-refractivity contribution is 7.89. The molecule has 4 rings (SSSR count). The molecule has 0 aromatic heterocycles. The van der Waals surface area contributed by atoms with Crippen molar-refractivity contribution < 1.29 is 22.7 Å². The van der Waals surface area contributed by atoms with Gasteiger partial charge in [-0.25, -0.2) is 13.3 Å². The van der Waals surface area contributed by atoms with Crippen LogP contribution in [-0.4, -0.2) is 68.8 Å². The number of hydrogen-bond donors (Lipinski definition) is 0. The molecule has 33 heavy (non-hydrogen) atoms. The standard InChI is InChI=1S/C24H29N3O5S/c1-16-13-17(2)23(18(3)14-16)33(30,31)26-11-9-25(10-12-26)21-15-22(28)27(24(21)29)19-5-7-20(32-4)8-6-19/h5-8,13-14,21H,9-12,15H2,1-4H3/t21-/m0/s1. The zero-order valence-corrected chi connectivity index (χ0v) is 20.2. The predicted octanol–water partition coefficient (Wildman–Crippen LogP) is 2.26. The summed E-state index contributed by atoms with van der Waals surface area (Å²) >= 11 is 0. The van der Waals surface area contributed by atoms with Gasteiger partial charge in [0.05, 0.1) is 30.2 Å². The lowest BCUT2D eigenvalue weighted by Crippen LogP contribution is -2.53. The quantitative estimate of drug-likeness (QED) is 0.622. The fourth-order valence-electron chi connectivity index (χ4n) is 4.86. The molecule has 176 valence electrons. The predicted molar refractivity (Wildman–Crippen MR) is 125 cm³/mol. The van der Waals surface area contributed by atoms with Crippen LogP contribution < -0.4 is 9.64 Å². The number of piperazine rings is 1. The average molecular weight is 472 g/mol. The van der Waals surface area contributed by atoms with E-state index >= 15 is 0 Å². The Bertz CT molecular complexity index is 1160. The number of carbonyl (C=O) groups excluding carboxylic acids is 2. The summed E-state index contributed by atoms with van der Waals surface area (Å²) in [6.07, 6.45) is 0.0911. The van der Waals surface area contributed by atoms with Gasteiger partial charge in [-0.15, -0.1) is 0 Å². The Morgan fingerprint density at radius 3 is 2.03 bits per heavy atom. The molecule has 2 fully saturated rings. The van der Waals surface area contributed by atoms with Crippen molar-refractivity contribution in [3.8, 4) is 5.75 Å². The maximum atomic E-state index is 13.3. The number of aryl methyl sites for hydroxylation is 3. The topological polar surface area (TPSA) is 87.2 Å². The Labute approximate surface area is 194 Å². The minimum atomic E-state index is -3.64. The molecule has 0 aliphatic carbocycles. The first-order valence-electron chi connectivity index (χ1n) is 11.0. The van der Waals surface area contributed by atoms with Gasteiger partial charge in [0.15, 0.2) is 0 Å². The lowest BCUT2D eigenvalue weighted by Gasteiger charge is -2.36. The molecule has 0 saturated carbocycles. The summed E-state index contributed by atoms with van der Waals surface area (Å²) in [5.41, 5.74) is 3.02. The number of benzene rings is 2. The van der Waals surface area contributed by atoms with Crippen LogP contribution in [0.5, 0.6) is 5.75 Å². The molecule has 2 aromatic rings. The second kappa shape index (κ2) is 8.89. The molecule has 1 atom stereocenters. The molecular formula is C24H29N3O5S. The van der Waals surface area contributed by atoms with Crippen LogP contribution >= 0.6 is 0 Å². The normalized spacial score (nSPS) is 20.5. The van der Waals surface area contributed by atoms with E-state index in [0.29, 0.717) is 29.4 Å². The van der Waals surface area contributed by atoms with E-state index in [2.05, 4.69) is 0 Å². The second-order valence-electron chi connectivity index (χ2n) is 8.65. The van der Waals surface area contributed by atoms with E-state index in [4.69, 9.17) is 4.74 Å². The third-order valence-electron chi connectivity index (χ3n) is 6.37. The SMILES string of the molecule is COc1ccc(N2C(=O)C[C@H](N3CCN(S(=O)(=O)c4c(C)cc(C)cc4C)CC3)C2=O)cc1. The Morgan fingerprint density at radius 2 is 1.48 bits per heavy atom. The van der Waals surface area contributed by atoms with Gasteiger partial charge >= 0.3 is 0 Å². The monoisotopic (exact) mass is 471 g/mol. The number of carbonyl (C=O) groups is 2. The largest absolute Gasteiger partial charge is 0.497 e. The molecular weight excluding hydrogens is 442 g/mol. The molecule has 2 amide bonds. The van der Waals surface area contributed by atoms with Gasteiger partial charge in [-0.3, -0.25) is 14.5 Å². The van der Waals surface area contributed by atoms with E-state index in [-0.39, 0.29) is 31.3 Å². The van der Waals surface area contributed by atoms with Crippen molar-refractivity contribution in [1.82, 2.24) is 9.21 Å². The average Bonchev–Trinajstić information content (AvgIpc) is 3.07. The van der Waals surface area contributed by atoms with Crippen LogP contribution in [0.4, 0.5) is 5.69 Å². The second-order valence-corrected chi connectivity index (χ2v) is 10.5. The van der Waals surface area contributed by atoms with E-state index in [9.17, 15) is 18.0 Å². The smallest absolute Gasteiger partial charge is 0.251 e. The number of ether oxygens (including phenoxy) is 1. The van der Waals surface area contributed by atoms with Gasteiger partial charge in [-0.1, -0.05) is 17.7 Å². The maximum Gasteiger partial charge on any atom is 0.251 e. The van der Waals surface area contributed by atoms with E-state index in [1.54, 1.807) is 31.4 Å². The lowest BCUT2D eigenvalue weighted by atomic mass is 10.1. The summed E-state index contributed by atoms with van der Waals surface area (Å²) < 4.78 is 33.3. The molecule has 0 N–H and O–H groups in total. The first-order chi connectivity index (χ1) is 15.6. The van der Waals surface area contributed by atoms with Crippen LogP contribution in [0, 0.1) is 20.8 Å². The number of amides is 2. The van der Waals surface area contributed by atoms with Gasteiger partial charge in [-0.05, 0) is 56.2 Å². The molecule has 0 spiro atoms. The minimum Gasteiger partial charge on any atom is -0.497 e. The Balaban J connectivity index is 1.47. The van der Waals surface area contributed by atoms with Crippen LogP contribution in [0.3, 0.4) is 0 Å². The van der Waals surface area contributed by atoms with Gasteiger partial charge in [-0.2, -0.15) is 4.31 Å². The summed E-state index contributed by atoms with van der Waals surface area (Å²) in [5, 5.41) is 0. The maximum absolute atomic E-state index is 13.3. The van der Waals surface area contributed by atoms with E-state index < -0.39 is 16.1 Å². The number of rotatable bonds is 5. The van der Waals surface area contributed by atoms with Crippen molar-refractivity contribution in [2.24, 2.45) is 0 Å². The van der Waals surface area contributed by atoms with Gasteiger partial charge in [0.1, 0.15) is 5.75 Å². The Hall–Kier alpha value is -2.75. The van der Waals surface area contributed by atoms with Crippen molar-refractivity contribution in [2.45, 2.75) is 38.1 Å². The number of sulfonamides is 1. The van der Waals surface area contributed by atoms with Gasteiger partial charge < -0.3 is 4.74 Å². The number of nitrogens with zero attached hydrogens (tertiary/aromatic N) is 3. The number of hydrogen-bond acceptors (Lipinski definition) is 6. The van der Waals surface area contributed by atoms with Crippen molar-refractivity contribution >= 4 is 27.5 Å². The molecule has 9 heteroatoms. The highest BCUT2D eigenvalue weighted by atomic mass is 32.2. The molecule has 2 saturated heterocycles. The summed E-state index contributed by atoms with van der Waals surface area (Å²) in [6.45, 7) is 6.92. The Morgan fingerprint density at radius 1 is 0.909 bits per heavy atom. The third-order valence-corrected chi connectivity index (χ3v) is 8.57. The molecule has 0 unspecified atom stereocenters. The molecule has 2 aliphatic rings. The number of anilines is 1. The molecule has 0 radical (unpaired) electrons. The third kappa shape index (κ3) is 4.28. The van der Waals surface area contributed by atoms with Crippen LogP contribution in [0.15, 0.2) is 41.3 Å². The highest BCUT2D eigenvalue weighted by Crippen LogP contribution is 2.30. The van der Waals surface area contributed by atoms with Crippen molar-refractivity contribution in [3.63, 3.8) is 0 Å². The molecule has 2 heterocycles. The van der Waals surface area contributed by atoms with Crippen LogP contribution in [0.1, 0.15) is 23.1 Å². The lowest BCUT2D eigenvalue weighted by molar-refractivity contribution is -0.123. The highest BCUT2D eigenvalue weighted by Gasteiger charge is 2.44. The van der Waals surface area contributed by atoms with Crippen LogP contribution in [-0.2, 0) is 19.6 Å². The Kier molecular flexibility index (Phi) is 6.30. The number of methoxy groups -OCH3 is 1. The molecule has 2 aliphatic heterocycles. The van der Waals surface area contributed by atoms with Crippen molar-refractivity contribution in [1.29, 1.82) is 0 Å². The van der Waals surface area contributed by atoms with E-state index in [0.717, 1.165) is 16.7 Å². The van der Waals surface area contributed by atoms with Crippen molar-refractivity contribution in [3.05, 3.63) is 53.1 Å². The van der Waals surface area contributed by atoms with E-state index in [1.807, 2.05) is 37.8 Å². The fourth-order valence-corrected chi connectivity index (χ4v) is 6.70. The number of imide groups is 1. The fraction of sp³-hybridized carbons (Fsp3) is 0.417. The van der Waals surface area contributed by atoms with Gasteiger partial charge in [0, 0.05) is 26.2 Å². The zero-order chi connectivity index (χ0) is 23.9. The van der Waals surface area contributed by atoms with E-state index in [1.165, 1.54) is 9.21 Å². The first kappa shape index (κ1) is 23.4. The van der Waals surface area contributed by atoms with Gasteiger partial charge in [0.25, 0.3) is 5.91 Å². The zero-order valence-electron chi connectivity index (χ0n) is 19.4. The molecule has 8 nitrogen and oxygen atoms in total. The van der Waals surface area contributed by atoms with Crippen LogP contribution in [0.25, 0.3) is 0 Å². The summed E-state index contributed by atoms with van der Waals surface area (Å²) in [6, 6.07) is 9.98. The molecule has 0 bridgehead atoms.